The molecule has 1 aromatic carbocycles. The Morgan fingerprint density at radius 3 is 2.72 bits per heavy atom. The minimum atomic E-state index is -3.44. The van der Waals surface area contributed by atoms with Crippen molar-refractivity contribution in [3.05, 3.63) is 66.6 Å². The number of anilines is 4. The molecule has 0 amide bonds. The van der Waals surface area contributed by atoms with Crippen LogP contribution >= 0.6 is 0 Å². The largest absolute Gasteiger partial charge is 0.369 e. The third-order valence-electron chi connectivity index (χ3n) is 6.38. The second-order valence-electron chi connectivity index (χ2n) is 9.12. The molecule has 3 aromatic heterocycles. The van der Waals surface area contributed by atoms with E-state index < -0.39 is 10.0 Å². The SMILES string of the molecule is C[C@H]1CN(c2ccc(Nc3cc4c(cn3)cnn4Cc3cccnc3N(C)S(C)(=O)=O)cc2)CCN1. The first-order chi connectivity index (χ1) is 17.3. The first-order valence-corrected chi connectivity index (χ1v) is 13.7. The maximum absolute atomic E-state index is 12.1. The highest BCUT2D eigenvalue weighted by molar-refractivity contribution is 7.92. The maximum atomic E-state index is 12.1. The number of hydrogen-bond donors (Lipinski definition) is 2. The van der Waals surface area contributed by atoms with Crippen LogP contribution in [0.3, 0.4) is 0 Å². The number of aromatic nitrogens is 4. The minimum absolute atomic E-state index is 0.369. The molecule has 1 fully saturated rings. The van der Waals surface area contributed by atoms with Gasteiger partial charge in [0.05, 0.1) is 24.5 Å². The van der Waals surface area contributed by atoms with Crippen LogP contribution in [0.15, 0.2) is 61.1 Å². The molecule has 36 heavy (non-hydrogen) atoms. The van der Waals surface area contributed by atoms with Gasteiger partial charge in [-0.2, -0.15) is 5.10 Å². The molecule has 188 valence electrons. The minimum Gasteiger partial charge on any atom is -0.369 e. The molecule has 0 bridgehead atoms. The highest BCUT2D eigenvalue weighted by Crippen LogP contribution is 2.25. The average Bonchev–Trinajstić information content (AvgIpc) is 3.26. The van der Waals surface area contributed by atoms with E-state index in [-0.39, 0.29) is 0 Å². The summed E-state index contributed by atoms with van der Waals surface area (Å²) in [6, 6.07) is 14.5. The number of piperazine rings is 1. The number of benzene rings is 1. The zero-order chi connectivity index (χ0) is 25.3. The normalized spacial score (nSPS) is 16.3. The van der Waals surface area contributed by atoms with Crippen LogP contribution in [0.25, 0.3) is 10.9 Å². The lowest BCUT2D eigenvalue weighted by molar-refractivity contribution is 0.485. The van der Waals surface area contributed by atoms with Crippen LogP contribution < -0.4 is 19.8 Å². The van der Waals surface area contributed by atoms with Crippen molar-refractivity contribution in [3.63, 3.8) is 0 Å². The van der Waals surface area contributed by atoms with E-state index in [0.29, 0.717) is 24.2 Å². The topological polar surface area (TPSA) is 108 Å². The number of hydrogen-bond acceptors (Lipinski definition) is 8. The van der Waals surface area contributed by atoms with Gasteiger partial charge in [-0.3, -0.25) is 8.99 Å². The first-order valence-electron chi connectivity index (χ1n) is 11.8. The zero-order valence-corrected chi connectivity index (χ0v) is 21.4. The highest BCUT2D eigenvalue weighted by Gasteiger charge is 2.18. The Morgan fingerprint density at radius 2 is 1.97 bits per heavy atom. The van der Waals surface area contributed by atoms with Gasteiger partial charge in [-0.25, -0.2) is 18.4 Å². The van der Waals surface area contributed by atoms with Crippen molar-refractivity contribution >= 4 is 43.9 Å². The van der Waals surface area contributed by atoms with Crippen molar-refractivity contribution in [1.29, 1.82) is 0 Å². The zero-order valence-electron chi connectivity index (χ0n) is 20.6. The van der Waals surface area contributed by atoms with Crippen LogP contribution in [-0.2, 0) is 16.6 Å². The Kier molecular flexibility index (Phi) is 6.50. The Labute approximate surface area is 211 Å². The molecule has 5 rings (SSSR count). The average molecular weight is 507 g/mol. The fourth-order valence-corrected chi connectivity index (χ4v) is 4.87. The van der Waals surface area contributed by atoms with E-state index in [0.717, 1.165) is 48.0 Å². The van der Waals surface area contributed by atoms with Crippen molar-refractivity contribution < 1.29 is 8.42 Å². The summed E-state index contributed by atoms with van der Waals surface area (Å²) in [6.07, 6.45) is 6.28. The summed E-state index contributed by atoms with van der Waals surface area (Å²) in [5.74, 6) is 1.09. The molecule has 10 nitrogen and oxygen atoms in total. The molecule has 0 radical (unpaired) electrons. The van der Waals surface area contributed by atoms with Crippen LogP contribution in [0.4, 0.5) is 23.0 Å². The summed E-state index contributed by atoms with van der Waals surface area (Å²) in [6.45, 7) is 5.55. The molecule has 11 heteroatoms. The molecule has 4 aromatic rings. The van der Waals surface area contributed by atoms with Gasteiger partial charge in [-0.05, 0) is 37.3 Å². The molecular weight excluding hydrogens is 476 g/mol. The molecule has 2 N–H and O–H groups in total. The number of nitrogens with zero attached hydrogens (tertiary/aromatic N) is 6. The summed E-state index contributed by atoms with van der Waals surface area (Å²) in [7, 11) is -1.94. The lowest BCUT2D eigenvalue weighted by atomic mass is 10.2. The Bertz CT molecular complexity index is 1470. The summed E-state index contributed by atoms with van der Waals surface area (Å²) in [5.41, 5.74) is 3.79. The molecule has 1 atom stereocenters. The van der Waals surface area contributed by atoms with E-state index in [9.17, 15) is 8.42 Å². The van der Waals surface area contributed by atoms with Gasteiger partial charge in [-0.1, -0.05) is 6.07 Å². The Hall–Kier alpha value is -3.70. The predicted octanol–water partition coefficient (Wildman–Crippen LogP) is 2.81. The molecule has 1 aliphatic heterocycles. The van der Waals surface area contributed by atoms with Gasteiger partial charge in [0.1, 0.15) is 11.6 Å². The Balaban J connectivity index is 1.36. The molecule has 4 heterocycles. The fraction of sp³-hybridized carbons (Fsp3) is 0.320. The molecule has 0 unspecified atom stereocenters. The first kappa shape index (κ1) is 24.0. The summed E-state index contributed by atoms with van der Waals surface area (Å²) >= 11 is 0. The van der Waals surface area contributed by atoms with Crippen molar-refractivity contribution in [2.75, 3.05) is 47.5 Å². The van der Waals surface area contributed by atoms with Crippen LogP contribution in [-0.4, -0.2) is 67.1 Å². The van der Waals surface area contributed by atoms with Gasteiger partial charge in [0.25, 0.3) is 0 Å². The molecule has 0 spiro atoms. The van der Waals surface area contributed by atoms with Crippen molar-refractivity contribution in [2.45, 2.75) is 19.5 Å². The Morgan fingerprint density at radius 1 is 1.17 bits per heavy atom. The third-order valence-corrected chi connectivity index (χ3v) is 7.55. The smallest absolute Gasteiger partial charge is 0.233 e. The quantitative estimate of drug-likeness (QED) is 0.394. The van der Waals surface area contributed by atoms with Gasteiger partial charge in [-0.15, -0.1) is 0 Å². The molecule has 1 saturated heterocycles. The van der Waals surface area contributed by atoms with Crippen LogP contribution in [0.5, 0.6) is 0 Å². The van der Waals surface area contributed by atoms with Gasteiger partial charge in [0.2, 0.25) is 10.0 Å². The van der Waals surface area contributed by atoms with E-state index in [1.54, 1.807) is 24.7 Å². The number of fused-ring (bicyclic) bond motifs is 1. The van der Waals surface area contributed by atoms with E-state index in [1.165, 1.54) is 17.0 Å². The van der Waals surface area contributed by atoms with E-state index in [1.807, 2.05) is 16.8 Å². The number of rotatable bonds is 7. The lowest BCUT2D eigenvalue weighted by Gasteiger charge is -2.33. The van der Waals surface area contributed by atoms with E-state index in [4.69, 9.17) is 0 Å². The second kappa shape index (κ2) is 9.75. The lowest BCUT2D eigenvalue weighted by Crippen LogP contribution is -2.49. The highest BCUT2D eigenvalue weighted by atomic mass is 32.2. The molecule has 0 aliphatic carbocycles. The van der Waals surface area contributed by atoms with Crippen molar-refractivity contribution in [2.24, 2.45) is 0 Å². The van der Waals surface area contributed by atoms with Gasteiger partial charge in [0, 0.05) is 73.5 Å². The van der Waals surface area contributed by atoms with E-state index >= 15 is 0 Å². The van der Waals surface area contributed by atoms with Crippen molar-refractivity contribution in [3.8, 4) is 0 Å². The van der Waals surface area contributed by atoms with Crippen LogP contribution in [0.2, 0.25) is 0 Å². The van der Waals surface area contributed by atoms with Crippen molar-refractivity contribution in [1.82, 2.24) is 25.1 Å². The fourth-order valence-electron chi connectivity index (χ4n) is 4.39. The monoisotopic (exact) mass is 506 g/mol. The maximum Gasteiger partial charge on any atom is 0.233 e. The standard InChI is InChI=1S/C25H30N8O2S/c1-18-16-32(12-11-26-18)22-8-6-21(7-9-22)30-24-13-23-20(14-28-24)15-29-33(23)17-19-5-4-10-27-25(19)31(2)36(3,34)35/h4-10,13-15,18,26H,11-12,16-17H2,1-3H3,(H,28,30)/t18-/m0/s1. The number of nitrogens with one attached hydrogen (secondary N) is 2. The van der Waals surface area contributed by atoms with Gasteiger partial charge in [0.15, 0.2) is 0 Å². The summed E-state index contributed by atoms with van der Waals surface area (Å²) in [5, 5.41) is 12.3. The molecular formula is C25H30N8O2S. The van der Waals surface area contributed by atoms with Gasteiger partial charge < -0.3 is 15.5 Å². The van der Waals surface area contributed by atoms with E-state index in [2.05, 4.69) is 61.8 Å². The van der Waals surface area contributed by atoms with Crippen LogP contribution in [0.1, 0.15) is 12.5 Å². The molecule has 1 aliphatic rings. The number of sulfonamides is 1. The summed E-state index contributed by atoms with van der Waals surface area (Å²) < 4.78 is 27.2. The third kappa shape index (κ3) is 5.12. The van der Waals surface area contributed by atoms with Gasteiger partial charge >= 0.3 is 0 Å². The number of pyridine rings is 2. The summed E-state index contributed by atoms with van der Waals surface area (Å²) in [4.78, 5) is 11.2. The second-order valence-corrected chi connectivity index (χ2v) is 11.1. The van der Waals surface area contributed by atoms with Crippen LogP contribution in [0, 0.1) is 0 Å². The predicted molar refractivity (Wildman–Crippen MR) is 144 cm³/mol. The molecule has 0 saturated carbocycles.